The number of rotatable bonds is 6. The fourth-order valence-electron chi connectivity index (χ4n) is 4.54. The molecule has 1 aromatic heterocycles. The summed E-state index contributed by atoms with van der Waals surface area (Å²) >= 11 is 1.92. The molecule has 1 unspecified atom stereocenters. The second-order valence-electron chi connectivity index (χ2n) is 7.67. The zero-order valence-electron chi connectivity index (χ0n) is 15.8. The van der Waals surface area contributed by atoms with Gasteiger partial charge in [0.1, 0.15) is 0 Å². The highest BCUT2D eigenvalue weighted by atomic mass is 32.2. The standard InChI is InChI=1S/C20H31N3O2S/c1-26-14-2-10-22-11-5-20(6-12-22)7-13-23(15-18(20)16-24)19(25)17-3-8-21-9-4-17/h3-4,8-9,18,24H,2,5-7,10-16H2,1H3. The zero-order chi connectivity index (χ0) is 18.4. The predicted molar refractivity (Wildman–Crippen MR) is 106 cm³/mol. The van der Waals surface area contributed by atoms with E-state index in [1.165, 1.54) is 18.7 Å². The van der Waals surface area contributed by atoms with E-state index in [9.17, 15) is 9.90 Å². The van der Waals surface area contributed by atoms with Crippen molar-refractivity contribution in [2.24, 2.45) is 11.3 Å². The van der Waals surface area contributed by atoms with Crippen LogP contribution in [0.15, 0.2) is 24.5 Å². The number of pyridine rings is 1. The van der Waals surface area contributed by atoms with E-state index in [0.29, 0.717) is 12.1 Å². The maximum absolute atomic E-state index is 12.7. The van der Waals surface area contributed by atoms with Crippen LogP contribution in [0, 0.1) is 11.3 Å². The fraction of sp³-hybridized carbons (Fsp3) is 0.700. The van der Waals surface area contributed by atoms with Crippen LogP contribution in [0.4, 0.5) is 0 Å². The zero-order valence-corrected chi connectivity index (χ0v) is 16.6. The summed E-state index contributed by atoms with van der Waals surface area (Å²) in [6.45, 7) is 5.08. The molecule has 26 heavy (non-hydrogen) atoms. The van der Waals surface area contributed by atoms with Crippen molar-refractivity contribution >= 4 is 17.7 Å². The van der Waals surface area contributed by atoms with E-state index in [0.717, 1.165) is 38.9 Å². The number of nitrogens with zero attached hydrogens (tertiary/aromatic N) is 3. The van der Waals surface area contributed by atoms with Crippen LogP contribution in [0.1, 0.15) is 36.0 Å². The topological polar surface area (TPSA) is 56.7 Å². The molecular weight excluding hydrogens is 346 g/mol. The van der Waals surface area contributed by atoms with Crippen molar-refractivity contribution in [1.29, 1.82) is 0 Å². The molecule has 144 valence electrons. The summed E-state index contributed by atoms with van der Waals surface area (Å²) < 4.78 is 0. The number of aliphatic hydroxyl groups excluding tert-OH is 1. The number of aromatic nitrogens is 1. The minimum absolute atomic E-state index is 0.0650. The maximum atomic E-state index is 12.7. The third-order valence-electron chi connectivity index (χ3n) is 6.30. The lowest BCUT2D eigenvalue weighted by Crippen LogP contribution is -2.54. The molecule has 0 aliphatic carbocycles. The van der Waals surface area contributed by atoms with Crippen LogP contribution in [0.3, 0.4) is 0 Å². The Morgan fingerprint density at radius 2 is 1.96 bits per heavy atom. The Kier molecular flexibility index (Phi) is 6.95. The van der Waals surface area contributed by atoms with Gasteiger partial charge >= 0.3 is 0 Å². The first-order valence-electron chi connectivity index (χ1n) is 9.70. The summed E-state index contributed by atoms with van der Waals surface area (Å²) in [5.74, 6) is 1.48. The van der Waals surface area contributed by atoms with Crippen LogP contribution in [0.2, 0.25) is 0 Å². The summed E-state index contributed by atoms with van der Waals surface area (Å²) in [5, 5.41) is 10.1. The molecule has 3 heterocycles. The number of thioether (sulfide) groups is 1. The minimum atomic E-state index is 0.0650. The van der Waals surface area contributed by atoms with Crippen molar-refractivity contribution in [2.45, 2.75) is 25.7 Å². The number of carbonyl (C=O) groups is 1. The number of amides is 1. The van der Waals surface area contributed by atoms with Gasteiger partial charge in [-0.1, -0.05) is 0 Å². The molecule has 0 aromatic carbocycles. The average molecular weight is 378 g/mol. The van der Waals surface area contributed by atoms with Gasteiger partial charge in [-0.15, -0.1) is 0 Å². The number of carbonyl (C=O) groups excluding carboxylic acids is 1. The van der Waals surface area contributed by atoms with Crippen LogP contribution < -0.4 is 0 Å². The summed E-state index contributed by atoms with van der Waals surface area (Å²) in [7, 11) is 0. The summed E-state index contributed by atoms with van der Waals surface area (Å²) in [4.78, 5) is 21.2. The number of aliphatic hydroxyl groups is 1. The minimum Gasteiger partial charge on any atom is -0.396 e. The van der Waals surface area contributed by atoms with Crippen LogP contribution in [-0.2, 0) is 0 Å². The third kappa shape index (κ3) is 4.41. The molecule has 0 saturated carbocycles. The maximum Gasteiger partial charge on any atom is 0.253 e. The predicted octanol–water partition coefficient (Wildman–Crippen LogP) is 2.37. The summed E-state index contributed by atoms with van der Waals surface area (Å²) in [5.41, 5.74) is 0.899. The molecule has 0 radical (unpaired) electrons. The van der Waals surface area contributed by atoms with Crippen LogP contribution in [0.5, 0.6) is 0 Å². The Labute approximate surface area is 161 Å². The SMILES string of the molecule is CSCCCN1CCC2(CC1)CCN(C(=O)c1ccncc1)CC2CO. The molecule has 1 spiro atoms. The van der Waals surface area contributed by atoms with Crippen LogP contribution in [-0.4, -0.2) is 77.1 Å². The second kappa shape index (κ2) is 9.20. The first-order chi connectivity index (χ1) is 12.7. The lowest BCUT2D eigenvalue weighted by Gasteiger charge is -2.51. The average Bonchev–Trinajstić information content (AvgIpc) is 2.70. The summed E-state index contributed by atoms with van der Waals surface area (Å²) in [6, 6.07) is 3.54. The molecule has 2 saturated heterocycles. The molecule has 2 aliphatic rings. The van der Waals surface area contributed by atoms with Gasteiger partial charge in [0.15, 0.2) is 0 Å². The first kappa shape index (κ1) is 19.6. The van der Waals surface area contributed by atoms with Gasteiger partial charge in [-0.05, 0) is 74.9 Å². The van der Waals surface area contributed by atoms with Crippen molar-refractivity contribution in [3.05, 3.63) is 30.1 Å². The smallest absolute Gasteiger partial charge is 0.253 e. The largest absolute Gasteiger partial charge is 0.396 e. The van der Waals surface area contributed by atoms with Gasteiger partial charge in [-0.25, -0.2) is 0 Å². The van der Waals surface area contributed by atoms with E-state index in [-0.39, 0.29) is 23.8 Å². The Morgan fingerprint density at radius 3 is 2.62 bits per heavy atom. The van der Waals surface area contributed by atoms with E-state index >= 15 is 0 Å². The number of hydrogen-bond acceptors (Lipinski definition) is 5. The van der Waals surface area contributed by atoms with Gasteiger partial charge in [0.25, 0.3) is 5.91 Å². The van der Waals surface area contributed by atoms with Gasteiger partial charge < -0.3 is 14.9 Å². The monoisotopic (exact) mass is 377 g/mol. The lowest BCUT2D eigenvalue weighted by molar-refractivity contribution is -0.0350. The third-order valence-corrected chi connectivity index (χ3v) is 6.99. The van der Waals surface area contributed by atoms with Gasteiger partial charge in [-0.3, -0.25) is 9.78 Å². The van der Waals surface area contributed by atoms with Gasteiger partial charge in [0.2, 0.25) is 0 Å². The van der Waals surface area contributed by atoms with Crippen molar-refractivity contribution in [1.82, 2.24) is 14.8 Å². The quantitative estimate of drug-likeness (QED) is 0.772. The highest BCUT2D eigenvalue weighted by Gasteiger charge is 2.45. The van der Waals surface area contributed by atoms with Crippen molar-refractivity contribution in [3.8, 4) is 0 Å². The van der Waals surface area contributed by atoms with E-state index < -0.39 is 0 Å². The van der Waals surface area contributed by atoms with Crippen molar-refractivity contribution in [2.75, 3.05) is 51.3 Å². The molecule has 2 fully saturated rings. The normalized spacial score (nSPS) is 23.3. The highest BCUT2D eigenvalue weighted by molar-refractivity contribution is 7.98. The molecule has 1 aromatic rings. The molecule has 2 aliphatic heterocycles. The fourth-order valence-corrected chi connectivity index (χ4v) is 4.96. The van der Waals surface area contributed by atoms with Crippen molar-refractivity contribution in [3.63, 3.8) is 0 Å². The molecule has 3 rings (SSSR count). The van der Waals surface area contributed by atoms with Crippen LogP contribution >= 0.6 is 11.8 Å². The van der Waals surface area contributed by atoms with E-state index in [2.05, 4.69) is 16.1 Å². The second-order valence-corrected chi connectivity index (χ2v) is 8.65. The molecule has 1 amide bonds. The highest BCUT2D eigenvalue weighted by Crippen LogP contribution is 2.45. The first-order valence-corrected chi connectivity index (χ1v) is 11.1. The molecule has 0 bridgehead atoms. The molecule has 6 heteroatoms. The van der Waals surface area contributed by atoms with Gasteiger partial charge in [0.05, 0.1) is 0 Å². The Balaban J connectivity index is 1.58. The van der Waals surface area contributed by atoms with E-state index in [1.807, 2.05) is 16.7 Å². The Hall–Kier alpha value is -1.11. The molecule has 1 N–H and O–H groups in total. The number of hydrogen-bond donors (Lipinski definition) is 1. The molecule has 1 atom stereocenters. The van der Waals surface area contributed by atoms with E-state index in [4.69, 9.17) is 0 Å². The van der Waals surface area contributed by atoms with Crippen molar-refractivity contribution < 1.29 is 9.90 Å². The molecular formula is C20H31N3O2S. The number of piperidine rings is 2. The van der Waals surface area contributed by atoms with Gasteiger partial charge in [0, 0.05) is 43.6 Å². The summed E-state index contributed by atoms with van der Waals surface area (Å²) in [6.07, 6.45) is 10.0. The Morgan fingerprint density at radius 1 is 1.27 bits per heavy atom. The van der Waals surface area contributed by atoms with E-state index in [1.54, 1.807) is 24.5 Å². The van der Waals surface area contributed by atoms with Gasteiger partial charge in [-0.2, -0.15) is 11.8 Å². The lowest BCUT2D eigenvalue weighted by atomic mass is 9.64. The van der Waals surface area contributed by atoms with Crippen LogP contribution in [0.25, 0.3) is 0 Å². The number of likely N-dealkylation sites (tertiary alicyclic amines) is 2. The molecule has 5 nitrogen and oxygen atoms in total. The Bertz CT molecular complexity index is 576.